The van der Waals surface area contributed by atoms with E-state index in [1.54, 1.807) is 0 Å². The van der Waals surface area contributed by atoms with Gasteiger partial charge in [-0.15, -0.1) is 4.98 Å². The first-order valence-electron chi connectivity index (χ1n) is 3.97. The van der Waals surface area contributed by atoms with Crippen LogP contribution in [0.25, 0.3) is 4.85 Å². The van der Waals surface area contributed by atoms with E-state index in [1.165, 1.54) is 13.2 Å². The molecular weight excluding hydrogens is 166 g/mol. The number of hydrogen-bond acceptors (Lipinski definition) is 3. The topological polar surface area (TPSA) is 39.4 Å². The maximum absolute atomic E-state index is 6.83. The lowest BCUT2D eigenvalue weighted by molar-refractivity contribution is 0.394. The van der Waals surface area contributed by atoms with Gasteiger partial charge in [0.05, 0.1) is 7.11 Å². The lowest BCUT2D eigenvalue weighted by Crippen LogP contribution is -1.98. The number of ether oxygens (including phenoxy) is 1. The summed E-state index contributed by atoms with van der Waals surface area (Å²) >= 11 is 0. The normalized spacial score (nSPS) is 9.77. The molecule has 0 unspecified atom stereocenters. The van der Waals surface area contributed by atoms with Crippen LogP contribution in [0, 0.1) is 6.57 Å². The Labute approximate surface area is 77.4 Å². The minimum Gasteiger partial charge on any atom is -0.482 e. The summed E-state index contributed by atoms with van der Waals surface area (Å²) in [6, 6.07) is 1.53. The highest BCUT2D eigenvalue weighted by atomic mass is 16.5. The summed E-state index contributed by atoms with van der Waals surface area (Å²) in [5.74, 6) is 1.63. The fraction of sp³-hybridized carbons (Fsp3) is 0.444. The second-order valence-electron chi connectivity index (χ2n) is 2.89. The van der Waals surface area contributed by atoms with Gasteiger partial charge < -0.3 is 9.58 Å². The zero-order valence-electron chi connectivity index (χ0n) is 7.90. The molecule has 1 heterocycles. The highest BCUT2D eigenvalue weighted by molar-refractivity contribution is 5.39. The number of rotatable bonds is 2. The Morgan fingerprint density at radius 2 is 2.15 bits per heavy atom. The van der Waals surface area contributed by atoms with Gasteiger partial charge in [0.25, 0.3) is 5.82 Å². The zero-order chi connectivity index (χ0) is 9.84. The molecule has 0 aliphatic heterocycles. The number of hydrogen-bond donors (Lipinski definition) is 0. The first-order chi connectivity index (χ1) is 6.17. The van der Waals surface area contributed by atoms with Crippen LogP contribution in [0.5, 0.6) is 5.88 Å². The molecule has 0 saturated heterocycles. The predicted octanol–water partition coefficient (Wildman–Crippen LogP) is 2.16. The van der Waals surface area contributed by atoms with Crippen LogP contribution in [-0.2, 0) is 0 Å². The standard InChI is InChI=1S/C9H11N3O/c1-6(2)9-11-7(10-3)5-8(12-9)13-4/h5-6H,1-2,4H3. The van der Waals surface area contributed by atoms with E-state index >= 15 is 0 Å². The predicted molar refractivity (Wildman–Crippen MR) is 48.9 cm³/mol. The Morgan fingerprint density at radius 3 is 2.62 bits per heavy atom. The molecule has 0 saturated carbocycles. The van der Waals surface area contributed by atoms with Crippen LogP contribution in [0.3, 0.4) is 0 Å². The van der Waals surface area contributed by atoms with Crippen molar-refractivity contribution in [3.63, 3.8) is 0 Å². The molecule has 4 nitrogen and oxygen atoms in total. The summed E-state index contributed by atoms with van der Waals surface area (Å²) in [6.07, 6.45) is 0. The molecular formula is C9H11N3O. The molecule has 1 rings (SSSR count). The quantitative estimate of drug-likeness (QED) is 0.650. The molecule has 1 aromatic heterocycles. The van der Waals surface area contributed by atoms with Crippen LogP contribution < -0.4 is 4.74 Å². The summed E-state index contributed by atoms with van der Waals surface area (Å²) in [5.41, 5.74) is 0. The summed E-state index contributed by atoms with van der Waals surface area (Å²) in [4.78, 5) is 11.4. The SMILES string of the molecule is [C-]#[N+]c1cc(OC)nc(C(C)C)n1. The Balaban J connectivity index is 3.17. The smallest absolute Gasteiger partial charge is 0.276 e. The molecule has 68 valence electrons. The van der Waals surface area contributed by atoms with E-state index in [0.29, 0.717) is 17.5 Å². The minimum absolute atomic E-state index is 0.204. The average Bonchev–Trinajstić information content (AvgIpc) is 2.16. The molecule has 0 aliphatic rings. The lowest BCUT2D eigenvalue weighted by atomic mass is 10.2. The number of methoxy groups -OCH3 is 1. The molecule has 13 heavy (non-hydrogen) atoms. The van der Waals surface area contributed by atoms with Crippen LogP contribution in [0.1, 0.15) is 25.6 Å². The van der Waals surface area contributed by atoms with Gasteiger partial charge in [-0.2, -0.15) is 4.98 Å². The monoisotopic (exact) mass is 177 g/mol. The van der Waals surface area contributed by atoms with Crippen LogP contribution in [-0.4, -0.2) is 17.1 Å². The zero-order valence-corrected chi connectivity index (χ0v) is 7.90. The Morgan fingerprint density at radius 1 is 1.46 bits per heavy atom. The molecule has 1 aromatic rings. The van der Waals surface area contributed by atoms with Gasteiger partial charge in [0.2, 0.25) is 11.7 Å². The fourth-order valence-corrected chi connectivity index (χ4v) is 0.850. The van der Waals surface area contributed by atoms with E-state index in [0.717, 1.165) is 0 Å². The molecule has 0 radical (unpaired) electrons. The summed E-state index contributed by atoms with van der Waals surface area (Å²) in [5, 5.41) is 0. The van der Waals surface area contributed by atoms with Gasteiger partial charge in [-0.05, 0) is 0 Å². The molecule has 0 amide bonds. The molecule has 0 spiro atoms. The van der Waals surface area contributed by atoms with Crippen LogP contribution in [0.4, 0.5) is 5.82 Å². The van der Waals surface area contributed by atoms with Crippen LogP contribution in [0.2, 0.25) is 0 Å². The Bertz CT molecular complexity index is 341. The molecule has 0 aliphatic carbocycles. The van der Waals surface area contributed by atoms with Crippen molar-refractivity contribution >= 4 is 5.82 Å². The Kier molecular flexibility index (Phi) is 2.80. The molecule has 0 atom stereocenters. The van der Waals surface area contributed by atoms with Gasteiger partial charge in [0.1, 0.15) is 0 Å². The largest absolute Gasteiger partial charge is 0.482 e. The maximum atomic E-state index is 6.83. The molecule has 0 bridgehead atoms. The van der Waals surface area contributed by atoms with Crippen molar-refractivity contribution in [3.8, 4) is 5.88 Å². The van der Waals surface area contributed by atoms with Crippen molar-refractivity contribution in [1.29, 1.82) is 0 Å². The molecule has 0 N–H and O–H groups in total. The van der Waals surface area contributed by atoms with E-state index < -0.39 is 0 Å². The van der Waals surface area contributed by atoms with E-state index in [9.17, 15) is 0 Å². The second-order valence-corrected chi connectivity index (χ2v) is 2.89. The summed E-state index contributed by atoms with van der Waals surface area (Å²) < 4.78 is 4.95. The van der Waals surface area contributed by atoms with Crippen molar-refractivity contribution in [1.82, 2.24) is 9.97 Å². The van der Waals surface area contributed by atoms with E-state index in [2.05, 4.69) is 14.8 Å². The highest BCUT2D eigenvalue weighted by Gasteiger charge is 2.10. The molecule has 0 fully saturated rings. The van der Waals surface area contributed by atoms with Crippen molar-refractivity contribution in [2.24, 2.45) is 0 Å². The van der Waals surface area contributed by atoms with Crippen molar-refractivity contribution < 1.29 is 4.74 Å². The molecule has 4 heteroatoms. The Hall–Kier alpha value is -1.63. The third kappa shape index (κ3) is 2.15. The van der Waals surface area contributed by atoms with Gasteiger partial charge in [-0.3, -0.25) is 0 Å². The van der Waals surface area contributed by atoms with Gasteiger partial charge >= 0.3 is 0 Å². The third-order valence-electron chi connectivity index (χ3n) is 1.55. The maximum Gasteiger partial charge on any atom is 0.276 e. The number of aromatic nitrogens is 2. The highest BCUT2D eigenvalue weighted by Crippen LogP contribution is 2.19. The van der Waals surface area contributed by atoms with Gasteiger partial charge in [0.15, 0.2) is 0 Å². The third-order valence-corrected chi connectivity index (χ3v) is 1.55. The van der Waals surface area contributed by atoms with Crippen molar-refractivity contribution in [2.75, 3.05) is 7.11 Å². The first kappa shape index (κ1) is 9.46. The first-order valence-corrected chi connectivity index (χ1v) is 3.97. The van der Waals surface area contributed by atoms with Gasteiger partial charge in [0, 0.05) is 12.0 Å². The van der Waals surface area contributed by atoms with Gasteiger partial charge in [-0.1, -0.05) is 20.4 Å². The molecule has 0 aromatic carbocycles. The fourth-order valence-electron chi connectivity index (χ4n) is 0.850. The average molecular weight is 177 g/mol. The summed E-state index contributed by atoms with van der Waals surface area (Å²) in [7, 11) is 1.53. The van der Waals surface area contributed by atoms with Crippen LogP contribution >= 0.6 is 0 Å². The van der Waals surface area contributed by atoms with Crippen molar-refractivity contribution in [3.05, 3.63) is 23.3 Å². The number of nitrogens with zero attached hydrogens (tertiary/aromatic N) is 3. The van der Waals surface area contributed by atoms with E-state index in [1.807, 2.05) is 13.8 Å². The van der Waals surface area contributed by atoms with Crippen molar-refractivity contribution in [2.45, 2.75) is 19.8 Å². The summed E-state index contributed by atoms with van der Waals surface area (Å²) in [6.45, 7) is 10.8. The van der Waals surface area contributed by atoms with E-state index in [-0.39, 0.29) is 5.92 Å². The van der Waals surface area contributed by atoms with Crippen LogP contribution in [0.15, 0.2) is 6.07 Å². The lowest BCUT2D eigenvalue weighted by Gasteiger charge is -2.02. The van der Waals surface area contributed by atoms with E-state index in [4.69, 9.17) is 11.3 Å². The minimum atomic E-state index is 0.204. The van der Waals surface area contributed by atoms with Gasteiger partial charge in [-0.25, -0.2) is 0 Å². The second kappa shape index (κ2) is 3.85.